The summed E-state index contributed by atoms with van der Waals surface area (Å²) in [5.74, 6) is 0.495. The Bertz CT molecular complexity index is 424. The lowest BCUT2D eigenvalue weighted by atomic mass is 10.0. The van der Waals surface area contributed by atoms with Gasteiger partial charge < -0.3 is 15.5 Å². The standard InChI is InChI=1S/C17H29N3O/c1-5-14(12-18)11-17(21)20(6-2)13-15-7-9-16(10-8-15)19(3)4/h7-10,14H,5-6,11-13,18H2,1-4H3. The molecule has 0 aliphatic carbocycles. The van der Waals surface area contributed by atoms with Gasteiger partial charge in [-0.15, -0.1) is 0 Å². The van der Waals surface area contributed by atoms with E-state index in [-0.39, 0.29) is 5.91 Å². The molecule has 0 heterocycles. The number of rotatable bonds is 8. The van der Waals surface area contributed by atoms with E-state index in [9.17, 15) is 4.79 Å². The van der Waals surface area contributed by atoms with E-state index in [1.54, 1.807) is 0 Å². The molecule has 0 aliphatic rings. The van der Waals surface area contributed by atoms with Crippen molar-refractivity contribution in [3.8, 4) is 0 Å². The van der Waals surface area contributed by atoms with Crippen LogP contribution in [0, 0.1) is 5.92 Å². The number of amides is 1. The average Bonchev–Trinajstić information content (AvgIpc) is 2.50. The van der Waals surface area contributed by atoms with Crippen molar-refractivity contribution < 1.29 is 4.79 Å². The smallest absolute Gasteiger partial charge is 0.223 e. The predicted octanol–water partition coefficient (Wildman–Crippen LogP) is 2.48. The first kappa shape index (κ1) is 17.5. The van der Waals surface area contributed by atoms with Crippen LogP contribution in [0.3, 0.4) is 0 Å². The van der Waals surface area contributed by atoms with Crippen molar-refractivity contribution >= 4 is 11.6 Å². The Morgan fingerprint density at radius 1 is 1.19 bits per heavy atom. The maximum Gasteiger partial charge on any atom is 0.223 e. The van der Waals surface area contributed by atoms with Crippen LogP contribution in [0.25, 0.3) is 0 Å². The molecule has 4 nitrogen and oxygen atoms in total. The molecule has 2 N–H and O–H groups in total. The first-order valence-electron chi connectivity index (χ1n) is 7.75. The molecule has 1 atom stereocenters. The summed E-state index contributed by atoms with van der Waals surface area (Å²) in [4.78, 5) is 16.3. The highest BCUT2D eigenvalue weighted by atomic mass is 16.2. The molecule has 1 aromatic carbocycles. The van der Waals surface area contributed by atoms with Crippen LogP contribution in [0.15, 0.2) is 24.3 Å². The Hall–Kier alpha value is -1.55. The van der Waals surface area contributed by atoms with Crippen molar-refractivity contribution in [2.24, 2.45) is 11.7 Å². The Morgan fingerprint density at radius 3 is 2.24 bits per heavy atom. The van der Waals surface area contributed by atoms with Gasteiger partial charge in [-0.2, -0.15) is 0 Å². The minimum atomic E-state index is 0.200. The Labute approximate surface area is 128 Å². The van der Waals surface area contributed by atoms with Crippen molar-refractivity contribution in [3.63, 3.8) is 0 Å². The first-order chi connectivity index (χ1) is 10.0. The normalized spacial score (nSPS) is 12.0. The van der Waals surface area contributed by atoms with E-state index in [1.807, 2.05) is 25.9 Å². The van der Waals surface area contributed by atoms with Crippen LogP contribution < -0.4 is 10.6 Å². The SMILES string of the molecule is CCC(CN)CC(=O)N(CC)Cc1ccc(N(C)C)cc1. The third kappa shape index (κ3) is 5.38. The zero-order valence-electron chi connectivity index (χ0n) is 13.8. The van der Waals surface area contributed by atoms with Gasteiger partial charge in [0, 0.05) is 39.3 Å². The molecule has 0 fully saturated rings. The molecule has 118 valence electrons. The van der Waals surface area contributed by atoms with Crippen LogP contribution in [0.5, 0.6) is 0 Å². The van der Waals surface area contributed by atoms with Crippen molar-refractivity contribution in [1.82, 2.24) is 4.90 Å². The van der Waals surface area contributed by atoms with E-state index in [0.29, 0.717) is 25.4 Å². The second kappa shape index (κ2) is 8.67. The van der Waals surface area contributed by atoms with Gasteiger partial charge in [0.1, 0.15) is 0 Å². The molecule has 1 aromatic rings. The van der Waals surface area contributed by atoms with Gasteiger partial charge in [-0.05, 0) is 37.1 Å². The fourth-order valence-corrected chi connectivity index (χ4v) is 2.27. The van der Waals surface area contributed by atoms with Gasteiger partial charge in [0.2, 0.25) is 5.91 Å². The maximum absolute atomic E-state index is 12.3. The molecular weight excluding hydrogens is 262 g/mol. The van der Waals surface area contributed by atoms with Crippen molar-refractivity contribution in [3.05, 3.63) is 29.8 Å². The molecule has 0 aromatic heterocycles. The Morgan fingerprint density at radius 2 is 1.81 bits per heavy atom. The van der Waals surface area contributed by atoms with E-state index in [4.69, 9.17) is 5.73 Å². The van der Waals surface area contributed by atoms with Crippen LogP contribution in [0.4, 0.5) is 5.69 Å². The second-order valence-electron chi connectivity index (χ2n) is 5.68. The number of hydrogen-bond acceptors (Lipinski definition) is 3. The molecule has 1 amide bonds. The fraction of sp³-hybridized carbons (Fsp3) is 0.588. The highest BCUT2D eigenvalue weighted by Crippen LogP contribution is 2.15. The van der Waals surface area contributed by atoms with Gasteiger partial charge in [0.25, 0.3) is 0 Å². The molecule has 1 unspecified atom stereocenters. The van der Waals surface area contributed by atoms with Crippen LogP contribution in [-0.4, -0.2) is 38.0 Å². The van der Waals surface area contributed by atoms with Gasteiger partial charge in [-0.25, -0.2) is 0 Å². The van der Waals surface area contributed by atoms with Gasteiger partial charge in [0.15, 0.2) is 0 Å². The van der Waals surface area contributed by atoms with Gasteiger partial charge in [-0.3, -0.25) is 4.79 Å². The molecule has 0 bridgehead atoms. The van der Waals surface area contributed by atoms with Gasteiger partial charge >= 0.3 is 0 Å². The summed E-state index contributed by atoms with van der Waals surface area (Å²) in [5, 5.41) is 0. The minimum Gasteiger partial charge on any atom is -0.378 e. The van der Waals surface area contributed by atoms with E-state index in [2.05, 4.69) is 36.1 Å². The molecule has 4 heteroatoms. The Kier molecular flexibility index (Phi) is 7.23. The fourth-order valence-electron chi connectivity index (χ4n) is 2.27. The highest BCUT2D eigenvalue weighted by molar-refractivity contribution is 5.76. The van der Waals surface area contributed by atoms with Crippen molar-refractivity contribution in [1.29, 1.82) is 0 Å². The molecule has 0 aliphatic heterocycles. The van der Waals surface area contributed by atoms with Crippen LogP contribution in [0.1, 0.15) is 32.3 Å². The molecule has 21 heavy (non-hydrogen) atoms. The molecule has 0 radical (unpaired) electrons. The molecule has 0 spiro atoms. The summed E-state index contributed by atoms with van der Waals surface area (Å²) in [6.07, 6.45) is 1.51. The topological polar surface area (TPSA) is 49.6 Å². The molecular formula is C17H29N3O. The quantitative estimate of drug-likeness (QED) is 0.800. The summed E-state index contributed by atoms with van der Waals surface area (Å²) in [6.45, 7) is 6.09. The van der Waals surface area contributed by atoms with Crippen molar-refractivity contribution in [2.75, 3.05) is 32.1 Å². The van der Waals surface area contributed by atoms with Crippen LogP contribution in [-0.2, 0) is 11.3 Å². The lowest BCUT2D eigenvalue weighted by Crippen LogP contribution is -2.33. The third-order valence-corrected chi connectivity index (χ3v) is 3.93. The molecule has 1 rings (SSSR count). The van der Waals surface area contributed by atoms with Crippen LogP contribution >= 0.6 is 0 Å². The zero-order chi connectivity index (χ0) is 15.8. The molecule has 0 saturated carbocycles. The number of hydrogen-bond donors (Lipinski definition) is 1. The number of nitrogens with zero attached hydrogens (tertiary/aromatic N) is 2. The van der Waals surface area contributed by atoms with E-state index in [1.165, 1.54) is 5.69 Å². The van der Waals surface area contributed by atoms with Crippen LogP contribution in [0.2, 0.25) is 0 Å². The minimum absolute atomic E-state index is 0.200. The number of carbonyl (C=O) groups excluding carboxylic acids is 1. The van der Waals surface area contributed by atoms with Gasteiger partial charge in [-0.1, -0.05) is 25.5 Å². The number of benzene rings is 1. The van der Waals surface area contributed by atoms with Crippen molar-refractivity contribution in [2.45, 2.75) is 33.2 Å². The summed E-state index contributed by atoms with van der Waals surface area (Å²) in [6, 6.07) is 8.35. The second-order valence-corrected chi connectivity index (χ2v) is 5.68. The predicted molar refractivity (Wildman–Crippen MR) is 89.3 cm³/mol. The van der Waals surface area contributed by atoms with E-state index >= 15 is 0 Å². The number of carbonyl (C=O) groups is 1. The zero-order valence-corrected chi connectivity index (χ0v) is 13.8. The first-order valence-corrected chi connectivity index (χ1v) is 7.75. The van der Waals surface area contributed by atoms with Gasteiger partial charge in [0.05, 0.1) is 0 Å². The number of nitrogens with two attached hydrogens (primary N) is 1. The third-order valence-electron chi connectivity index (χ3n) is 3.93. The number of anilines is 1. The summed E-state index contributed by atoms with van der Waals surface area (Å²) < 4.78 is 0. The lowest BCUT2D eigenvalue weighted by molar-refractivity contribution is -0.132. The summed E-state index contributed by atoms with van der Waals surface area (Å²) >= 11 is 0. The monoisotopic (exact) mass is 291 g/mol. The summed E-state index contributed by atoms with van der Waals surface area (Å²) in [5.41, 5.74) is 8.03. The molecule has 0 saturated heterocycles. The lowest BCUT2D eigenvalue weighted by Gasteiger charge is -2.23. The van der Waals surface area contributed by atoms with E-state index < -0.39 is 0 Å². The highest BCUT2D eigenvalue weighted by Gasteiger charge is 2.16. The Balaban J connectivity index is 2.66. The largest absolute Gasteiger partial charge is 0.378 e. The summed E-state index contributed by atoms with van der Waals surface area (Å²) in [7, 11) is 4.04. The average molecular weight is 291 g/mol. The van der Waals surface area contributed by atoms with E-state index in [0.717, 1.165) is 18.5 Å². The maximum atomic E-state index is 12.3.